The van der Waals surface area contributed by atoms with Crippen molar-refractivity contribution >= 4 is 22.8 Å². The second-order valence-electron chi connectivity index (χ2n) is 5.90. The Hall–Kier alpha value is -1.49. The normalized spacial score (nSPS) is 25.8. The molecule has 1 unspecified atom stereocenters. The average molecular weight is 303 g/mol. The topological polar surface area (TPSA) is 58.7 Å². The quantitative estimate of drug-likeness (QED) is 0.913. The fourth-order valence-electron chi connectivity index (χ4n) is 2.98. The number of hydrogen-bond acceptors (Lipinski definition) is 4. The Balaban J connectivity index is 1.89. The van der Waals surface area contributed by atoms with Crippen LogP contribution in [0.2, 0.25) is 0 Å². The minimum atomic E-state index is -0.309. The highest BCUT2D eigenvalue weighted by molar-refractivity contribution is 8.13. The molecule has 1 fully saturated rings. The number of nitrogens with zero attached hydrogens (tertiary/aromatic N) is 2. The second kappa shape index (κ2) is 5.72. The van der Waals surface area contributed by atoms with Gasteiger partial charge in [0.25, 0.3) is 5.91 Å². The highest BCUT2D eigenvalue weighted by atomic mass is 32.2. The Bertz CT molecular complexity index is 581. The summed E-state index contributed by atoms with van der Waals surface area (Å²) < 4.78 is 0. The van der Waals surface area contributed by atoms with Crippen molar-refractivity contribution in [2.75, 3.05) is 18.8 Å². The first-order valence-corrected chi connectivity index (χ1v) is 8.45. The molecule has 2 aliphatic heterocycles. The summed E-state index contributed by atoms with van der Waals surface area (Å²) in [5.74, 6) is 1.11. The van der Waals surface area contributed by atoms with E-state index in [1.165, 1.54) is 0 Å². The van der Waals surface area contributed by atoms with Crippen LogP contribution < -0.4 is 5.73 Å². The molecule has 2 heterocycles. The van der Waals surface area contributed by atoms with Crippen LogP contribution in [0, 0.1) is 0 Å². The molecule has 0 aromatic heterocycles. The summed E-state index contributed by atoms with van der Waals surface area (Å²) in [4.78, 5) is 19.1. The number of amides is 1. The molecule has 1 atom stereocenters. The predicted octanol–water partition coefficient (Wildman–Crippen LogP) is 2.59. The van der Waals surface area contributed by atoms with Gasteiger partial charge < -0.3 is 10.6 Å². The van der Waals surface area contributed by atoms with Gasteiger partial charge in [0, 0.05) is 24.4 Å². The SMILES string of the molecule is CC1(c2cccc(C(=O)N3CCCC3)c2)CCSC(N)=N1. The summed E-state index contributed by atoms with van der Waals surface area (Å²) in [7, 11) is 0. The molecule has 1 amide bonds. The van der Waals surface area contributed by atoms with E-state index in [0.717, 1.165) is 49.2 Å². The molecule has 3 rings (SSSR count). The molecule has 5 heteroatoms. The molecule has 0 radical (unpaired) electrons. The van der Waals surface area contributed by atoms with Crippen LogP contribution in [0.4, 0.5) is 0 Å². The third kappa shape index (κ3) is 2.93. The molecule has 1 saturated heterocycles. The number of rotatable bonds is 2. The van der Waals surface area contributed by atoms with Gasteiger partial charge in [0.15, 0.2) is 5.17 Å². The predicted molar refractivity (Wildman–Crippen MR) is 87.6 cm³/mol. The van der Waals surface area contributed by atoms with Gasteiger partial charge in [-0.2, -0.15) is 0 Å². The molecule has 2 N–H and O–H groups in total. The Morgan fingerprint density at radius 3 is 2.86 bits per heavy atom. The van der Waals surface area contributed by atoms with Crippen molar-refractivity contribution in [3.05, 3.63) is 35.4 Å². The summed E-state index contributed by atoms with van der Waals surface area (Å²) in [6, 6.07) is 7.90. The van der Waals surface area contributed by atoms with E-state index in [4.69, 9.17) is 5.73 Å². The monoisotopic (exact) mass is 303 g/mol. The molecule has 1 aromatic carbocycles. The van der Waals surface area contributed by atoms with Crippen molar-refractivity contribution in [1.82, 2.24) is 4.90 Å². The molecule has 0 aliphatic carbocycles. The van der Waals surface area contributed by atoms with E-state index in [0.29, 0.717) is 5.17 Å². The molecule has 21 heavy (non-hydrogen) atoms. The van der Waals surface area contributed by atoms with Crippen molar-refractivity contribution in [3.63, 3.8) is 0 Å². The number of carbonyl (C=O) groups excluding carboxylic acids is 1. The summed E-state index contributed by atoms with van der Waals surface area (Å²) in [5, 5.41) is 0.639. The van der Waals surface area contributed by atoms with Gasteiger partial charge >= 0.3 is 0 Å². The number of likely N-dealkylation sites (tertiary alicyclic amines) is 1. The lowest BCUT2D eigenvalue weighted by Gasteiger charge is -2.30. The van der Waals surface area contributed by atoms with Crippen LogP contribution in [0.25, 0.3) is 0 Å². The molecule has 1 aromatic rings. The van der Waals surface area contributed by atoms with Gasteiger partial charge in [-0.05, 0) is 43.9 Å². The van der Waals surface area contributed by atoms with Gasteiger partial charge in [0.1, 0.15) is 0 Å². The Morgan fingerprint density at radius 1 is 1.38 bits per heavy atom. The second-order valence-corrected chi connectivity index (χ2v) is 7.02. The number of thioether (sulfide) groups is 1. The van der Waals surface area contributed by atoms with Gasteiger partial charge in [0.2, 0.25) is 0 Å². The van der Waals surface area contributed by atoms with E-state index in [2.05, 4.69) is 11.9 Å². The first-order chi connectivity index (χ1) is 10.1. The van der Waals surface area contributed by atoms with Crippen LogP contribution >= 0.6 is 11.8 Å². The van der Waals surface area contributed by atoms with Gasteiger partial charge in [0.05, 0.1) is 5.54 Å². The first kappa shape index (κ1) is 14.4. The molecule has 4 nitrogen and oxygen atoms in total. The van der Waals surface area contributed by atoms with Crippen LogP contribution in [0.5, 0.6) is 0 Å². The maximum Gasteiger partial charge on any atom is 0.253 e. The van der Waals surface area contributed by atoms with E-state index in [-0.39, 0.29) is 11.4 Å². The number of nitrogens with two attached hydrogens (primary N) is 1. The van der Waals surface area contributed by atoms with E-state index in [1.807, 2.05) is 29.2 Å². The van der Waals surface area contributed by atoms with E-state index >= 15 is 0 Å². The zero-order valence-electron chi connectivity index (χ0n) is 12.3. The molecule has 2 aliphatic rings. The van der Waals surface area contributed by atoms with Crippen LogP contribution in [-0.4, -0.2) is 34.8 Å². The number of carbonyl (C=O) groups is 1. The third-order valence-electron chi connectivity index (χ3n) is 4.32. The van der Waals surface area contributed by atoms with Gasteiger partial charge in [-0.25, -0.2) is 0 Å². The molecule has 0 bridgehead atoms. The van der Waals surface area contributed by atoms with Crippen LogP contribution in [0.3, 0.4) is 0 Å². The highest BCUT2D eigenvalue weighted by Crippen LogP contribution is 2.35. The van der Waals surface area contributed by atoms with E-state index in [9.17, 15) is 4.79 Å². The summed E-state index contributed by atoms with van der Waals surface area (Å²) in [6.07, 6.45) is 3.17. The zero-order chi connectivity index (χ0) is 14.9. The smallest absolute Gasteiger partial charge is 0.253 e. The van der Waals surface area contributed by atoms with Crippen LogP contribution in [0.1, 0.15) is 42.1 Å². The van der Waals surface area contributed by atoms with Crippen molar-refractivity contribution in [2.24, 2.45) is 10.7 Å². The lowest BCUT2D eigenvalue weighted by Crippen LogP contribution is -2.30. The number of hydrogen-bond donors (Lipinski definition) is 1. The van der Waals surface area contributed by atoms with Crippen LogP contribution in [0.15, 0.2) is 29.3 Å². The van der Waals surface area contributed by atoms with E-state index in [1.54, 1.807) is 11.8 Å². The number of aliphatic imine (C=N–C) groups is 1. The highest BCUT2D eigenvalue weighted by Gasteiger charge is 2.30. The fourth-order valence-corrected chi connectivity index (χ4v) is 3.96. The van der Waals surface area contributed by atoms with Gasteiger partial charge in [-0.3, -0.25) is 9.79 Å². The molecule has 112 valence electrons. The standard InChI is InChI=1S/C16H21N3OS/c1-16(7-10-21-15(17)18-16)13-6-4-5-12(11-13)14(20)19-8-2-3-9-19/h4-6,11H,2-3,7-10H2,1H3,(H2,17,18). The third-order valence-corrected chi connectivity index (χ3v) is 5.12. The zero-order valence-corrected chi connectivity index (χ0v) is 13.2. The molecular weight excluding hydrogens is 282 g/mol. The first-order valence-electron chi connectivity index (χ1n) is 7.46. The van der Waals surface area contributed by atoms with Crippen molar-refractivity contribution in [3.8, 4) is 0 Å². The van der Waals surface area contributed by atoms with Crippen molar-refractivity contribution < 1.29 is 4.79 Å². The average Bonchev–Trinajstić information content (AvgIpc) is 3.00. The van der Waals surface area contributed by atoms with E-state index < -0.39 is 0 Å². The Kier molecular flexibility index (Phi) is 3.93. The lowest BCUT2D eigenvalue weighted by atomic mass is 9.88. The number of benzene rings is 1. The largest absolute Gasteiger partial charge is 0.379 e. The lowest BCUT2D eigenvalue weighted by molar-refractivity contribution is 0.0792. The molecular formula is C16H21N3OS. The van der Waals surface area contributed by atoms with Crippen molar-refractivity contribution in [1.29, 1.82) is 0 Å². The maximum absolute atomic E-state index is 12.5. The fraction of sp³-hybridized carbons (Fsp3) is 0.500. The van der Waals surface area contributed by atoms with Crippen molar-refractivity contribution in [2.45, 2.75) is 31.7 Å². The van der Waals surface area contributed by atoms with Crippen LogP contribution in [-0.2, 0) is 5.54 Å². The molecule has 0 saturated carbocycles. The number of amidine groups is 1. The summed E-state index contributed by atoms with van der Waals surface area (Å²) in [6.45, 7) is 3.85. The van der Waals surface area contributed by atoms with Gasteiger partial charge in [-0.15, -0.1) is 0 Å². The maximum atomic E-state index is 12.5. The van der Waals surface area contributed by atoms with Gasteiger partial charge in [-0.1, -0.05) is 23.9 Å². The summed E-state index contributed by atoms with van der Waals surface area (Å²) in [5.41, 5.74) is 7.42. The Labute approximate surface area is 129 Å². The minimum absolute atomic E-state index is 0.139. The summed E-state index contributed by atoms with van der Waals surface area (Å²) >= 11 is 1.60. The minimum Gasteiger partial charge on any atom is -0.379 e. The Morgan fingerprint density at radius 2 is 2.14 bits per heavy atom. The molecule has 0 spiro atoms.